The van der Waals surface area contributed by atoms with Crippen LogP contribution in [0.1, 0.15) is 25.2 Å². The summed E-state index contributed by atoms with van der Waals surface area (Å²) in [6.45, 7) is 1.13. The van der Waals surface area contributed by atoms with Gasteiger partial charge in [-0.05, 0) is 30.3 Å². The number of alkyl halides is 2. The van der Waals surface area contributed by atoms with Crippen LogP contribution in [0.2, 0.25) is 5.02 Å². The first-order chi connectivity index (χ1) is 13.8. The molecule has 1 N–H and O–H groups in total. The maximum atomic E-state index is 12.9. The number of aromatic nitrogens is 3. The first kappa shape index (κ1) is 19.5. The van der Waals surface area contributed by atoms with Gasteiger partial charge in [-0.1, -0.05) is 16.8 Å². The summed E-state index contributed by atoms with van der Waals surface area (Å²) in [4.78, 5) is 10.2. The second-order valence-corrected chi connectivity index (χ2v) is 7.25. The molecule has 3 aromatic rings. The lowest BCUT2D eigenvalue weighted by Crippen LogP contribution is -2.28. The molecular weight excluding hydrogens is 406 g/mol. The predicted octanol–water partition coefficient (Wildman–Crippen LogP) is 4.09. The third-order valence-corrected chi connectivity index (χ3v) is 4.70. The highest BCUT2D eigenvalue weighted by atomic mass is 35.5. The van der Waals surface area contributed by atoms with Crippen LogP contribution < -0.4 is 9.64 Å². The number of pyridine rings is 1. The van der Waals surface area contributed by atoms with Crippen molar-refractivity contribution in [1.29, 1.82) is 0 Å². The zero-order chi connectivity index (χ0) is 20.6. The van der Waals surface area contributed by atoms with Gasteiger partial charge >= 0.3 is 6.11 Å². The Labute approximate surface area is 169 Å². The molecule has 3 heterocycles. The van der Waals surface area contributed by atoms with Gasteiger partial charge in [-0.2, -0.15) is 13.8 Å². The fraction of sp³-hybridized carbons (Fsp3) is 0.316. The van der Waals surface area contributed by atoms with Crippen LogP contribution in [0, 0.1) is 0 Å². The second-order valence-electron chi connectivity index (χ2n) is 6.82. The van der Waals surface area contributed by atoms with Crippen LogP contribution in [0.25, 0.3) is 11.4 Å². The molecule has 29 heavy (non-hydrogen) atoms. The molecule has 1 aliphatic heterocycles. The van der Waals surface area contributed by atoms with Gasteiger partial charge in [0.25, 0.3) is 0 Å². The summed E-state index contributed by atoms with van der Waals surface area (Å²) < 4.78 is 35.7. The zero-order valence-corrected chi connectivity index (χ0v) is 16.1. The minimum absolute atomic E-state index is 0.0367. The number of ether oxygens (including phenoxy) is 1. The average Bonchev–Trinajstić information content (AvgIpc) is 3.28. The Morgan fingerprint density at radius 2 is 2.03 bits per heavy atom. The highest BCUT2D eigenvalue weighted by Gasteiger charge is 2.35. The molecule has 0 saturated carbocycles. The number of halogens is 3. The van der Waals surface area contributed by atoms with E-state index in [2.05, 4.69) is 19.9 Å². The fourth-order valence-corrected chi connectivity index (χ4v) is 3.39. The maximum Gasteiger partial charge on any atom is 0.394 e. The van der Waals surface area contributed by atoms with Crippen LogP contribution >= 0.6 is 11.6 Å². The Morgan fingerprint density at radius 1 is 1.28 bits per heavy atom. The molecule has 1 fully saturated rings. The van der Waals surface area contributed by atoms with Gasteiger partial charge in [0, 0.05) is 31.6 Å². The van der Waals surface area contributed by atoms with Crippen molar-refractivity contribution in [3.63, 3.8) is 0 Å². The average molecular weight is 423 g/mol. The van der Waals surface area contributed by atoms with Crippen molar-refractivity contribution < 1.29 is 23.1 Å². The lowest BCUT2D eigenvalue weighted by Gasteiger charge is -2.22. The third kappa shape index (κ3) is 4.46. The summed E-state index contributed by atoms with van der Waals surface area (Å²) in [5.41, 5.74) is 1.30. The number of benzene rings is 1. The number of anilines is 1. The third-order valence-electron chi connectivity index (χ3n) is 4.49. The standard InChI is InChI=1S/C19H17ClF2N4O3/c1-19(21,22)28-15-4-2-11(3-5-15)17-24-18(29-25-17)12-6-16(27)26(10-12)14-7-13(20)8-23-9-14/h2-5,7-9,12,16,27H,6,10H2,1H3. The Kier molecular flexibility index (Phi) is 5.10. The minimum atomic E-state index is -3.26. The number of hydrogen-bond donors (Lipinski definition) is 1. The van der Waals surface area contributed by atoms with Crippen LogP contribution in [0.4, 0.5) is 14.5 Å². The topological polar surface area (TPSA) is 84.5 Å². The lowest BCUT2D eigenvalue weighted by atomic mass is 10.1. The van der Waals surface area contributed by atoms with Crippen molar-refractivity contribution in [3.8, 4) is 17.1 Å². The van der Waals surface area contributed by atoms with Gasteiger partial charge < -0.3 is 19.3 Å². The van der Waals surface area contributed by atoms with E-state index >= 15 is 0 Å². The summed E-state index contributed by atoms with van der Waals surface area (Å²) in [5.74, 6) is 0.574. The molecule has 0 amide bonds. The molecule has 152 valence electrons. The Hall–Kier alpha value is -2.78. The van der Waals surface area contributed by atoms with Gasteiger partial charge in [-0.15, -0.1) is 0 Å². The number of hydrogen-bond acceptors (Lipinski definition) is 7. The van der Waals surface area contributed by atoms with Crippen LogP contribution in [0.5, 0.6) is 5.75 Å². The highest BCUT2D eigenvalue weighted by Crippen LogP contribution is 2.35. The summed E-state index contributed by atoms with van der Waals surface area (Å²) >= 11 is 5.98. The molecule has 2 atom stereocenters. The molecule has 7 nitrogen and oxygen atoms in total. The van der Waals surface area contributed by atoms with Crippen molar-refractivity contribution in [3.05, 3.63) is 53.6 Å². The van der Waals surface area contributed by atoms with Crippen LogP contribution in [-0.4, -0.2) is 39.1 Å². The number of aliphatic hydroxyl groups excluding tert-OH is 1. The van der Waals surface area contributed by atoms with Crippen molar-refractivity contribution in [2.24, 2.45) is 0 Å². The molecule has 1 aromatic carbocycles. The highest BCUT2D eigenvalue weighted by molar-refractivity contribution is 6.30. The first-order valence-electron chi connectivity index (χ1n) is 8.84. The van der Waals surface area contributed by atoms with E-state index in [1.54, 1.807) is 29.3 Å². The van der Waals surface area contributed by atoms with Crippen molar-refractivity contribution in [1.82, 2.24) is 15.1 Å². The molecule has 0 aliphatic carbocycles. The smallest absolute Gasteiger partial charge is 0.394 e. The predicted molar refractivity (Wildman–Crippen MR) is 101 cm³/mol. The SMILES string of the molecule is CC(F)(F)Oc1ccc(-c2noc(C3CC(O)N(c4cncc(Cl)c4)C3)n2)cc1. The summed E-state index contributed by atoms with van der Waals surface area (Å²) in [5, 5.41) is 14.8. The van der Waals surface area contributed by atoms with Crippen LogP contribution in [0.3, 0.4) is 0 Å². The number of rotatable bonds is 5. The summed E-state index contributed by atoms with van der Waals surface area (Å²) in [6, 6.07) is 7.70. The molecule has 1 saturated heterocycles. The Bertz CT molecular complexity index is 994. The molecule has 1 aliphatic rings. The van der Waals surface area contributed by atoms with E-state index in [1.165, 1.54) is 18.3 Å². The van der Waals surface area contributed by atoms with Gasteiger partial charge in [0.05, 0.1) is 22.8 Å². The van der Waals surface area contributed by atoms with Gasteiger partial charge in [-0.3, -0.25) is 4.98 Å². The van der Waals surface area contributed by atoms with Gasteiger partial charge in [0.15, 0.2) is 0 Å². The minimum Gasteiger partial charge on any atom is -0.433 e. The fourth-order valence-electron chi connectivity index (χ4n) is 3.23. The van der Waals surface area contributed by atoms with Crippen LogP contribution in [-0.2, 0) is 0 Å². The quantitative estimate of drug-likeness (QED) is 0.662. The molecular formula is C19H17ClF2N4O3. The molecule has 2 unspecified atom stereocenters. The maximum absolute atomic E-state index is 12.9. The van der Waals surface area contributed by atoms with E-state index in [1.807, 2.05) is 0 Å². The first-order valence-corrected chi connectivity index (χ1v) is 9.22. The molecule has 0 spiro atoms. The monoisotopic (exact) mass is 422 g/mol. The normalized spacial score (nSPS) is 19.6. The largest absolute Gasteiger partial charge is 0.433 e. The molecule has 2 aromatic heterocycles. The summed E-state index contributed by atoms with van der Waals surface area (Å²) in [6.07, 6.45) is -0.434. The Morgan fingerprint density at radius 3 is 2.72 bits per heavy atom. The van der Waals surface area contributed by atoms with E-state index in [9.17, 15) is 13.9 Å². The molecule has 0 radical (unpaired) electrons. The molecule has 10 heteroatoms. The van der Waals surface area contributed by atoms with Gasteiger partial charge in [0.1, 0.15) is 12.0 Å². The number of aliphatic hydroxyl groups is 1. The van der Waals surface area contributed by atoms with Gasteiger partial charge in [-0.25, -0.2) is 0 Å². The number of nitrogens with zero attached hydrogens (tertiary/aromatic N) is 4. The van der Waals surface area contributed by atoms with Crippen LogP contribution in [0.15, 0.2) is 47.2 Å². The Balaban J connectivity index is 1.48. The van der Waals surface area contributed by atoms with Crippen molar-refractivity contribution in [2.75, 3.05) is 11.4 Å². The van der Waals surface area contributed by atoms with E-state index in [4.69, 9.17) is 16.1 Å². The molecule has 0 bridgehead atoms. The second kappa shape index (κ2) is 7.57. The van der Waals surface area contributed by atoms with E-state index in [0.29, 0.717) is 47.9 Å². The van der Waals surface area contributed by atoms with E-state index in [0.717, 1.165) is 0 Å². The lowest BCUT2D eigenvalue weighted by molar-refractivity contribution is -0.158. The van der Waals surface area contributed by atoms with E-state index < -0.39 is 12.3 Å². The zero-order valence-electron chi connectivity index (χ0n) is 15.3. The van der Waals surface area contributed by atoms with E-state index in [-0.39, 0.29) is 11.7 Å². The van der Waals surface area contributed by atoms with Crippen molar-refractivity contribution in [2.45, 2.75) is 31.6 Å². The summed E-state index contributed by atoms with van der Waals surface area (Å²) in [7, 11) is 0. The molecule has 4 rings (SSSR count). The van der Waals surface area contributed by atoms with Gasteiger partial charge in [0.2, 0.25) is 11.7 Å². The van der Waals surface area contributed by atoms with Crippen molar-refractivity contribution >= 4 is 17.3 Å².